The molecule has 0 aliphatic carbocycles. The Bertz CT molecular complexity index is 1000. The van der Waals surface area contributed by atoms with E-state index in [1.807, 2.05) is 31.2 Å². The zero-order valence-electron chi connectivity index (χ0n) is 14.6. The number of thiazole rings is 1. The molecule has 136 valence electrons. The number of aromatic nitrogens is 1. The van der Waals surface area contributed by atoms with Gasteiger partial charge in [0, 0.05) is 22.7 Å². The molecule has 0 saturated heterocycles. The fourth-order valence-electron chi connectivity index (χ4n) is 2.98. The van der Waals surface area contributed by atoms with Gasteiger partial charge >= 0.3 is 0 Å². The van der Waals surface area contributed by atoms with Crippen molar-refractivity contribution < 1.29 is 14.3 Å². The lowest BCUT2D eigenvalue weighted by atomic mass is 10.1. The van der Waals surface area contributed by atoms with Crippen LogP contribution in [0.1, 0.15) is 26.3 Å². The molecule has 2 amide bonds. The normalized spacial score (nSPS) is 12.9. The summed E-state index contributed by atoms with van der Waals surface area (Å²) in [6, 6.07) is 12.6. The van der Waals surface area contributed by atoms with E-state index in [0.29, 0.717) is 40.8 Å². The standard InChI is InChI=1S/C20H17N3O3S/c1-13-4-2-3-5-15(13)19(25)23-9-10-26-17-12-14(6-7-16(17)23)18(24)22-20-21-8-11-27-20/h2-8,11-12H,9-10H2,1H3,(H,21,22,24). The van der Waals surface area contributed by atoms with Crippen LogP contribution in [0.15, 0.2) is 54.0 Å². The quantitative estimate of drug-likeness (QED) is 0.752. The van der Waals surface area contributed by atoms with Crippen molar-refractivity contribution in [1.29, 1.82) is 0 Å². The molecular formula is C20H17N3O3S. The molecule has 2 aromatic carbocycles. The van der Waals surface area contributed by atoms with Crippen molar-refractivity contribution in [3.63, 3.8) is 0 Å². The maximum Gasteiger partial charge on any atom is 0.258 e. The second kappa shape index (κ2) is 7.20. The first kappa shape index (κ1) is 17.2. The van der Waals surface area contributed by atoms with Crippen LogP contribution in [0.5, 0.6) is 5.75 Å². The van der Waals surface area contributed by atoms with E-state index < -0.39 is 0 Å². The van der Waals surface area contributed by atoms with Gasteiger partial charge in [-0.1, -0.05) is 18.2 Å². The largest absolute Gasteiger partial charge is 0.490 e. The Labute approximate surface area is 160 Å². The molecule has 0 bridgehead atoms. The minimum absolute atomic E-state index is 0.0716. The number of nitrogens with zero attached hydrogens (tertiary/aromatic N) is 2. The molecular weight excluding hydrogens is 362 g/mol. The van der Waals surface area contributed by atoms with Crippen molar-refractivity contribution in [2.24, 2.45) is 0 Å². The predicted molar refractivity (Wildman–Crippen MR) is 105 cm³/mol. The maximum atomic E-state index is 13.0. The molecule has 1 aromatic heterocycles. The maximum absolute atomic E-state index is 13.0. The van der Waals surface area contributed by atoms with Gasteiger partial charge in [0.2, 0.25) is 0 Å². The zero-order chi connectivity index (χ0) is 18.8. The van der Waals surface area contributed by atoms with E-state index in [-0.39, 0.29) is 11.8 Å². The summed E-state index contributed by atoms with van der Waals surface area (Å²) in [5.74, 6) is 0.186. The highest BCUT2D eigenvalue weighted by molar-refractivity contribution is 7.13. The Morgan fingerprint density at radius 3 is 2.85 bits per heavy atom. The molecule has 0 radical (unpaired) electrons. The summed E-state index contributed by atoms with van der Waals surface area (Å²) in [5.41, 5.74) is 2.71. The number of benzene rings is 2. The Kier molecular flexibility index (Phi) is 4.60. The third kappa shape index (κ3) is 3.41. The molecule has 4 rings (SSSR count). The van der Waals surface area contributed by atoms with Crippen molar-refractivity contribution in [3.8, 4) is 5.75 Å². The minimum atomic E-state index is -0.265. The Morgan fingerprint density at radius 2 is 2.07 bits per heavy atom. The number of aryl methyl sites for hydroxylation is 1. The van der Waals surface area contributed by atoms with Crippen LogP contribution >= 0.6 is 11.3 Å². The smallest absolute Gasteiger partial charge is 0.258 e. The molecule has 3 aromatic rings. The number of fused-ring (bicyclic) bond motifs is 1. The van der Waals surface area contributed by atoms with Gasteiger partial charge < -0.3 is 9.64 Å². The van der Waals surface area contributed by atoms with Gasteiger partial charge in [0.05, 0.1) is 12.2 Å². The van der Waals surface area contributed by atoms with Gasteiger partial charge in [0.15, 0.2) is 5.13 Å². The number of anilines is 2. The van der Waals surface area contributed by atoms with Crippen molar-refractivity contribution in [1.82, 2.24) is 4.98 Å². The van der Waals surface area contributed by atoms with Crippen LogP contribution in [0.4, 0.5) is 10.8 Å². The summed E-state index contributed by atoms with van der Waals surface area (Å²) in [6.45, 7) is 2.76. The number of carbonyl (C=O) groups excluding carboxylic acids is 2. The summed E-state index contributed by atoms with van der Waals surface area (Å²) in [5, 5.41) is 5.07. The van der Waals surface area contributed by atoms with Gasteiger partial charge in [-0.3, -0.25) is 14.9 Å². The highest BCUT2D eigenvalue weighted by Crippen LogP contribution is 2.34. The lowest BCUT2D eigenvalue weighted by Gasteiger charge is -2.30. The third-order valence-electron chi connectivity index (χ3n) is 4.36. The topological polar surface area (TPSA) is 71.5 Å². The molecule has 7 heteroatoms. The van der Waals surface area contributed by atoms with Crippen LogP contribution in [0.25, 0.3) is 0 Å². The molecule has 0 atom stereocenters. The Morgan fingerprint density at radius 1 is 1.22 bits per heavy atom. The highest BCUT2D eigenvalue weighted by Gasteiger charge is 2.26. The fraction of sp³-hybridized carbons (Fsp3) is 0.150. The molecule has 0 unspecified atom stereocenters. The number of amides is 2. The van der Waals surface area contributed by atoms with Crippen molar-refractivity contribution >= 4 is 34.0 Å². The van der Waals surface area contributed by atoms with E-state index in [1.54, 1.807) is 34.7 Å². The number of hydrogen-bond donors (Lipinski definition) is 1. The van der Waals surface area contributed by atoms with Crippen molar-refractivity contribution in [2.45, 2.75) is 6.92 Å². The van der Waals surface area contributed by atoms with Gasteiger partial charge in [-0.25, -0.2) is 4.98 Å². The summed E-state index contributed by atoms with van der Waals surface area (Å²) >= 11 is 1.35. The first-order valence-corrected chi connectivity index (χ1v) is 9.36. The number of nitrogens with one attached hydrogen (secondary N) is 1. The summed E-state index contributed by atoms with van der Waals surface area (Å²) < 4.78 is 5.71. The average Bonchev–Trinajstić information content (AvgIpc) is 3.20. The highest BCUT2D eigenvalue weighted by atomic mass is 32.1. The first-order chi connectivity index (χ1) is 13.1. The number of hydrogen-bond acceptors (Lipinski definition) is 5. The van der Waals surface area contributed by atoms with Gasteiger partial charge in [-0.05, 0) is 36.8 Å². The SMILES string of the molecule is Cc1ccccc1C(=O)N1CCOc2cc(C(=O)Nc3nccs3)ccc21. The van der Waals surface area contributed by atoms with Gasteiger partial charge in [-0.15, -0.1) is 11.3 Å². The zero-order valence-corrected chi connectivity index (χ0v) is 15.5. The van der Waals surface area contributed by atoms with E-state index >= 15 is 0 Å². The molecule has 1 aliphatic heterocycles. The van der Waals surface area contributed by atoms with Crippen LogP contribution in [-0.4, -0.2) is 29.9 Å². The Hall–Kier alpha value is -3.19. The van der Waals surface area contributed by atoms with Crippen LogP contribution < -0.4 is 15.0 Å². The van der Waals surface area contributed by atoms with Crippen LogP contribution in [0.3, 0.4) is 0 Å². The first-order valence-electron chi connectivity index (χ1n) is 8.48. The third-order valence-corrected chi connectivity index (χ3v) is 5.05. The molecule has 2 heterocycles. The van der Waals surface area contributed by atoms with Gasteiger partial charge in [-0.2, -0.15) is 0 Å². The molecule has 0 spiro atoms. The summed E-state index contributed by atoms with van der Waals surface area (Å²) in [7, 11) is 0. The van der Waals surface area contributed by atoms with E-state index in [4.69, 9.17) is 4.74 Å². The van der Waals surface area contributed by atoms with E-state index in [9.17, 15) is 9.59 Å². The van der Waals surface area contributed by atoms with E-state index in [2.05, 4.69) is 10.3 Å². The Balaban J connectivity index is 1.61. The van der Waals surface area contributed by atoms with Crippen LogP contribution in [-0.2, 0) is 0 Å². The van der Waals surface area contributed by atoms with Crippen molar-refractivity contribution in [2.75, 3.05) is 23.4 Å². The summed E-state index contributed by atoms with van der Waals surface area (Å²) in [6.07, 6.45) is 1.63. The lowest BCUT2D eigenvalue weighted by molar-refractivity contribution is 0.0975. The predicted octanol–water partition coefficient (Wildman–Crippen LogP) is 3.74. The van der Waals surface area contributed by atoms with Gasteiger partial charge in [0.25, 0.3) is 11.8 Å². The fourth-order valence-corrected chi connectivity index (χ4v) is 3.51. The molecule has 1 N–H and O–H groups in total. The molecule has 27 heavy (non-hydrogen) atoms. The van der Waals surface area contributed by atoms with Crippen molar-refractivity contribution in [3.05, 3.63) is 70.7 Å². The van der Waals surface area contributed by atoms with E-state index in [1.165, 1.54) is 11.3 Å². The molecule has 6 nitrogen and oxygen atoms in total. The second-order valence-corrected chi connectivity index (χ2v) is 6.99. The monoisotopic (exact) mass is 379 g/mol. The molecule has 1 aliphatic rings. The lowest BCUT2D eigenvalue weighted by Crippen LogP contribution is -2.38. The van der Waals surface area contributed by atoms with Crippen LogP contribution in [0.2, 0.25) is 0 Å². The number of ether oxygens (including phenoxy) is 1. The molecule has 0 fully saturated rings. The van der Waals surface area contributed by atoms with Crippen LogP contribution in [0, 0.1) is 6.92 Å². The van der Waals surface area contributed by atoms with E-state index in [0.717, 1.165) is 5.56 Å². The summed E-state index contributed by atoms with van der Waals surface area (Å²) in [4.78, 5) is 31.1. The average molecular weight is 379 g/mol. The second-order valence-electron chi connectivity index (χ2n) is 6.09. The minimum Gasteiger partial charge on any atom is -0.490 e. The molecule has 0 saturated carbocycles. The number of carbonyl (C=O) groups is 2. The number of rotatable bonds is 3. The van der Waals surface area contributed by atoms with Gasteiger partial charge in [0.1, 0.15) is 12.4 Å².